The summed E-state index contributed by atoms with van der Waals surface area (Å²) in [5.74, 6) is 1.81. The number of ether oxygens (including phenoxy) is 1. The molecule has 3 atom stereocenters. The van der Waals surface area contributed by atoms with Crippen LogP contribution in [0.3, 0.4) is 0 Å². The second-order valence-corrected chi connectivity index (χ2v) is 5.69. The van der Waals surface area contributed by atoms with Gasteiger partial charge in [0.25, 0.3) is 0 Å². The molecule has 0 amide bonds. The van der Waals surface area contributed by atoms with Crippen molar-refractivity contribution in [3.63, 3.8) is 0 Å². The Balaban J connectivity index is 2.17. The first-order valence-electron chi connectivity index (χ1n) is 5.27. The van der Waals surface area contributed by atoms with E-state index in [1.54, 1.807) is 0 Å². The van der Waals surface area contributed by atoms with Gasteiger partial charge in [0.2, 0.25) is 0 Å². The first-order valence-corrected chi connectivity index (χ1v) is 6.32. The Morgan fingerprint density at radius 1 is 1.57 bits per heavy atom. The maximum Gasteiger partial charge on any atom is 0.0677 e. The van der Waals surface area contributed by atoms with Crippen LogP contribution in [-0.2, 0) is 4.74 Å². The lowest BCUT2D eigenvalue weighted by atomic mass is 9.92. The molecule has 2 saturated heterocycles. The predicted molar refractivity (Wildman–Crippen MR) is 61.8 cm³/mol. The van der Waals surface area contributed by atoms with Gasteiger partial charge in [0.15, 0.2) is 0 Å². The number of thioether (sulfide) groups is 1. The minimum absolute atomic E-state index is 0.570. The van der Waals surface area contributed by atoms with Crippen LogP contribution in [0, 0.1) is 5.92 Å². The third-order valence-electron chi connectivity index (χ3n) is 3.39. The average Bonchev–Trinajstić information content (AvgIpc) is 2.29. The number of fused-ring (bicyclic) bond motifs is 1. The molecule has 0 N–H and O–H groups in total. The van der Waals surface area contributed by atoms with Gasteiger partial charge in [-0.2, -0.15) is 11.8 Å². The normalized spacial score (nSPS) is 40.4. The van der Waals surface area contributed by atoms with Gasteiger partial charge in [-0.1, -0.05) is 13.5 Å². The van der Waals surface area contributed by atoms with Gasteiger partial charge in [-0.3, -0.25) is 0 Å². The zero-order chi connectivity index (χ0) is 10.1. The van der Waals surface area contributed by atoms with Crippen LogP contribution in [0.15, 0.2) is 12.2 Å². The largest absolute Gasteiger partial charge is 0.376 e. The fraction of sp³-hybridized carbons (Fsp3) is 0.818. The molecule has 0 aromatic heterocycles. The molecule has 14 heavy (non-hydrogen) atoms. The number of hydrogen-bond donors (Lipinski definition) is 0. The van der Waals surface area contributed by atoms with Gasteiger partial charge < -0.3 is 9.64 Å². The van der Waals surface area contributed by atoms with E-state index in [0.29, 0.717) is 17.2 Å². The van der Waals surface area contributed by atoms with Crippen molar-refractivity contribution in [3.05, 3.63) is 12.2 Å². The van der Waals surface area contributed by atoms with E-state index in [2.05, 4.69) is 37.2 Å². The number of hydrogen-bond acceptors (Lipinski definition) is 3. The van der Waals surface area contributed by atoms with Crippen molar-refractivity contribution >= 4 is 11.8 Å². The molecule has 2 aliphatic rings. The van der Waals surface area contributed by atoms with Crippen molar-refractivity contribution in [2.45, 2.75) is 18.2 Å². The van der Waals surface area contributed by atoms with Crippen LogP contribution in [0.25, 0.3) is 0 Å². The topological polar surface area (TPSA) is 12.5 Å². The van der Waals surface area contributed by atoms with E-state index in [4.69, 9.17) is 4.74 Å². The molecule has 0 aromatic rings. The first-order chi connectivity index (χ1) is 6.70. The lowest BCUT2D eigenvalue weighted by Crippen LogP contribution is -2.49. The van der Waals surface area contributed by atoms with Crippen LogP contribution < -0.4 is 0 Å². The van der Waals surface area contributed by atoms with Crippen LogP contribution in [0.4, 0.5) is 0 Å². The molecule has 2 aliphatic heterocycles. The highest BCUT2D eigenvalue weighted by molar-refractivity contribution is 8.00. The minimum Gasteiger partial charge on any atom is -0.376 e. The molecule has 2 fully saturated rings. The molecule has 0 aliphatic carbocycles. The fourth-order valence-electron chi connectivity index (χ4n) is 2.41. The zero-order valence-electron chi connectivity index (χ0n) is 9.03. The van der Waals surface area contributed by atoms with E-state index in [-0.39, 0.29) is 0 Å². The molecular weight excluding hydrogens is 194 g/mol. The van der Waals surface area contributed by atoms with Crippen molar-refractivity contribution < 1.29 is 4.74 Å². The van der Waals surface area contributed by atoms with Crippen molar-refractivity contribution in [2.75, 3.05) is 32.6 Å². The quantitative estimate of drug-likeness (QED) is 0.567. The van der Waals surface area contributed by atoms with Crippen LogP contribution in [0.1, 0.15) is 6.92 Å². The summed E-state index contributed by atoms with van der Waals surface area (Å²) < 4.78 is 5.65. The SMILES string of the molecule is C=C1COCC2SCCN(C)C2[C@H]1C. The second-order valence-electron chi connectivity index (χ2n) is 4.34. The molecule has 0 saturated carbocycles. The Labute approximate surface area is 90.7 Å². The van der Waals surface area contributed by atoms with Crippen LogP contribution in [-0.4, -0.2) is 48.8 Å². The number of rotatable bonds is 0. The van der Waals surface area contributed by atoms with Gasteiger partial charge in [-0.05, 0) is 18.5 Å². The maximum absolute atomic E-state index is 5.65. The van der Waals surface area contributed by atoms with Crippen LogP contribution in [0.2, 0.25) is 0 Å². The summed E-state index contributed by atoms with van der Waals surface area (Å²) in [6.07, 6.45) is 0. The highest BCUT2D eigenvalue weighted by Gasteiger charge is 2.36. The summed E-state index contributed by atoms with van der Waals surface area (Å²) in [4.78, 5) is 2.48. The third kappa shape index (κ3) is 1.86. The van der Waals surface area contributed by atoms with E-state index >= 15 is 0 Å². The molecular formula is C11H19NOS. The van der Waals surface area contributed by atoms with Gasteiger partial charge in [0, 0.05) is 23.6 Å². The lowest BCUT2D eigenvalue weighted by molar-refractivity contribution is 0.143. The van der Waals surface area contributed by atoms with Gasteiger partial charge in [-0.15, -0.1) is 0 Å². The second kappa shape index (κ2) is 4.25. The molecule has 3 heteroatoms. The van der Waals surface area contributed by atoms with Gasteiger partial charge in [0.05, 0.1) is 13.2 Å². The van der Waals surface area contributed by atoms with Crippen molar-refractivity contribution in [3.8, 4) is 0 Å². The van der Waals surface area contributed by atoms with E-state index in [9.17, 15) is 0 Å². The van der Waals surface area contributed by atoms with Crippen molar-refractivity contribution in [2.24, 2.45) is 5.92 Å². The Hall–Kier alpha value is 0.01000. The molecule has 2 nitrogen and oxygen atoms in total. The van der Waals surface area contributed by atoms with E-state index < -0.39 is 0 Å². The summed E-state index contributed by atoms with van der Waals surface area (Å²) in [6, 6.07) is 0.628. The summed E-state index contributed by atoms with van der Waals surface area (Å²) in [7, 11) is 2.23. The molecule has 80 valence electrons. The smallest absolute Gasteiger partial charge is 0.0677 e. The lowest BCUT2D eigenvalue weighted by Gasteiger charge is -2.40. The zero-order valence-corrected chi connectivity index (χ0v) is 9.85. The Kier molecular flexibility index (Phi) is 3.20. The summed E-state index contributed by atoms with van der Waals surface area (Å²) in [5.41, 5.74) is 1.26. The molecule has 0 spiro atoms. The Morgan fingerprint density at radius 3 is 3.14 bits per heavy atom. The van der Waals surface area contributed by atoms with Crippen LogP contribution in [0.5, 0.6) is 0 Å². The predicted octanol–water partition coefficient (Wildman–Crippen LogP) is 1.62. The van der Waals surface area contributed by atoms with E-state index in [0.717, 1.165) is 13.2 Å². The highest BCUT2D eigenvalue weighted by atomic mass is 32.2. The maximum atomic E-state index is 5.65. The molecule has 0 aromatic carbocycles. The summed E-state index contributed by atoms with van der Waals surface area (Å²) in [5, 5.41) is 0.642. The fourth-order valence-corrected chi connectivity index (χ4v) is 3.94. The molecule has 2 rings (SSSR count). The molecule has 2 heterocycles. The highest BCUT2D eigenvalue weighted by Crippen LogP contribution is 2.33. The van der Waals surface area contributed by atoms with E-state index in [1.165, 1.54) is 17.9 Å². The first kappa shape index (κ1) is 10.5. The van der Waals surface area contributed by atoms with Gasteiger partial charge in [0.1, 0.15) is 0 Å². The number of nitrogens with zero attached hydrogens (tertiary/aromatic N) is 1. The molecule has 0 radical (unpaired) electrons. The third-order valence-corrected chi connectivity index (χ3v) is 4.65. The van der Waals surface area contributed by atoms with Gasteiger partial charge in [-0.25, -0.2) is 0 Å². The standard InChI is InChI=1S/C11H19NOS/c1-8-6-13-7-10-11(9(8)2)12(3)4-5-14-10/h9-11H,1,4-7H2,2-3H3/t9-,10?,11?/m0/s1. The Bertz CT molecular complexity index is 231. The van der Waals surface area contributed by atoms with Crippen molar-refractivity contribution in [1.82, 2.24) is 4.90 Å². The summed E-state index contributed by atoms with van der Waals surface area (Å²) >= 11 is 2.06. The Morgan fingerprint density at radius 2 is 2.36 bits per heavy atom. The average molecular weight is 213 g/mol. The van der Waals surface area contributed by atoms with Crippen LogP contribution >= 0.6 is 11.8 Å². The van der Waals surface area contributed by atoms with Gasteiger partial charge >= 0.3 is 0 Å². The minimum atomic E-state index is 0.570. The summed E-state index contributed by atoms with van der Waals surface area (Å²) in [6.45, 7) is 9.25. The monoisotopic (exact) mass is 213 g/mol. The van der Waals surface area contributed by atoms with Crippen molar-refractivity contribution in [1.29, 1.82) is 0 Å². The molecule has 0 bridgehead atoms. The van der Waals surface area contributed by atoms with E-state index in [1.807, 2.05) is 0 Å². The molecule has 2 unspecified atom stereocenters.